The Bertz CT molecular complexity index is 1140. The molecule has 0 saturated heterocycles. The molecule has 0 unspecified atom stereocenters. The molecule has 160 valence electrons. The Labute approximate surface area is 184 Å². The summed E-state index contributed by atoms with van der Waals surface area (Å²) in [6, 6.07) is 24.1. The quantitative estimate of drug-likeness (QED) is 0.240. The molecule has 0 saturated carbocycles. The number of hydrogen-bond acceptors (Lipinski definition) is 9. The maximum Gasteiger partial charge on any atom is 0.250 e. The third-order valence-corrected chi connectivity index (χ3v) is 4.28. The number of hydrazone groups is 1. The molecular weight excluding hydrogens is 406 g/mol. The molecule has 9 nitrogen and oxygen atoms in total. The van der Waals surface area contributed by atoms with Crippen molar-refractivity contribution in [3.63, 3.8) is 0 Å². The van der Waals surface area contributed by atoms with Gasteiger partial charge in [0.25, 0.3) is 0 Å². The van der Waals surface area contributed by atoms with E-state index < -0.39 is 0 Å². The van der Waals surface area contributed by atoms with Gasteiger partial charge in [-0.05, 0) is 48.0 Å². The fraction of sp³-hybridized carbons (Fsp3) is 0.0435. The molecule has 0 bridgehead atoms. The highest BCUT2D eigenvalue weighted by atomic mass is 16.5. The molecule has 32 heavy (non-hydrogen) atoms. The van der Waals surface area contributed by atoms with Crippen LogP contribution >= 0.6 is 0 Å². The molecule has 0 radical (unpaired) electrons. The fourth-order valence-corrected chi connectivity index (χ4v) is 2.79. The molecule has 1 heterocycles. The number of benzene rings is 3. The number of aromatic hydroxyl groups is 1. The van der Waals surface area contributed by atoms with Gasteiger partial charge in [0.2, 0.25) is 17.8 Å². The van der Waals surface area contributed by atoms with Crippen molar-refractivity contribution in [3.05, 3.63) is 84.4 Å². The van der Waals surface area contributed by atoms with Crippen LogP contribution in [0.2, 0.25) is 0 Å². The lowest BCUT2D eigenvalue weighted by Gasteiger charge is -2.10. The fourth-order valence-electron chi connectivity index (χ4n) is 2.79. The number of aromatic nitrogens is 3. The van der Waals surface area contributed by atoms with Crippen molar-refractivity contribution in [2.24, 2.45) is 5.10 Å². The Hall–Kier alpha value is -4.66. The van der Waals surface area contributed by atoms with Crippen LogP contribution < -0.4 is 20.8 Å². The minimum absolute atomic E-state index is 0.0281. The molecule has 0 aliphatic heterocycles. The zero-order valence-electron chi connectivity index (χ0n) is 17.2. The number of phenols is 1. The third-order valence-electron chi connectivity index (χ3n) is 4.28. The predicted molar refractivity (Wildman–Crippen MR) is 125 cm³/mol. The summed E-state index contributed by atoms with van der Waals surface area (Å²) in [5.41, 5.74) is 5.16. The maximum absolute atomic E-state index is 9.90. The van der Waals surface area contributed by atoms with E-state index in [1.807, 2.05) is 60.7 Å². The SMILES string of the molecule is COc1ccc(/C=N\Nc2nc(Nc3ccccc3)nc(Nc3ccccc3)n2)cc1O. The largest absolute Gasteiger partial charge is 0.504 e. The Morgan fingerprint density at radius 2 is 1.34 bits per heavy atom. The number of ether oxygens (including phenoxy) is 1. The molecule has 3 aromatic carbocycles. The molecule has 0 amide bonds. The summed E-state index contributed by atoms with van der Waals surface area (Å²) in [6.45, 7) is 0. The van der Waals surface area contributed by atoms with Crippen LogP contribution in [0.25, 0.3) is 0 Å². The molecule has 0 spiro atoms. The second-order valence-corrected chi connectivity index (χ2v) is 6.59. The molecule has 0 aliphatic rings. The minimum Gasteiger partial charge on any atom is -0.504 e. The first kappa shape index (κ1) is 20.6. The van der Waals surface area contributed by atoms with Gasteiger partial charge < -0.3 is 20.5 Å². The number of phenolic OH excluding ortho intramolecular Hbond substituents is 1. The standard InChI is InChI=1S/C23H21N7O2/c1-32-20-13-12-16(14-19(20)31)15-24-30-23-28-21(25-17-8-4-2-5-9-17)27-22(29-23)26-18-10-6-3-7-11-18/h2-15,31H,1H3,(H3,25,26,27,28,29,30)/b24-15-. The molecule has 0 aliphatic carbocycles. The number of rotatable bonds is 8. The van der Waals surface area contributed by atoms with Gasteiger partial charge in [-0.3, -0.25) is 0 Å². The van der Waals surface area contributed by atoms with Crippen molar-refractivity contribution in [3.8, 4) is 11.5 Å². The topological polar surface area (TPSA) is 117 Å². The number of para-hydroxylation sites is 2. The average molecular weight is 427 g/mol. The van der Waals surface area contributed by atoms with Gasteiger partial charge in [-0.25, -0.2) is 5.43 Å². The first-order valence-electron chi connectivity index (χ1n) is 9.76. The van der Waals surface area contributed by atoms with Gasteiger partial charge in [-0.15, -0.1) is 0 Å². The molecule has 4 rings (SSSR count). The van der Waals surface area contributed by atoms with Crippen LogP contribution in [0.3, 0.4) is 0 Å². The molecule has 4 aromatic rings. The highest BCUT2D eigenvalue weighted by Gasteiger charge is 2.07. The van der Waals surface area contributed by atoms with E-state index >= 15 is 0 Å². The van der Waals surface area contributed by atoms with Crippen LogP contribution in [-0.4, -0.2) is 33.4 Å². The van der Waals surface area contributed by atoms with E-state index in [2.05, 4.69) is 36.1 Å². The lowest BCUT2D eigenvalue weighted by Crippen LogP contribution is -2.07. The monoisotopic (exact) mass is 427 g/mol. The van der Waals surface area contributed by atoms with Crippen molar-refractivity contribution in [1.29, 1.82) is 0 Å². The van der Waals surface area contributed by atoms with Crippen LogP contribution in [0.5, 0.6) is 11.5 Å². The smallest absolute Gasteiger partial charge is 0.250 e. The van der Waals surface area contributed by atoms with E-state index in [9.17, 15) is 5.11 Å². The van der Waals surface area contributed by atoms with Crippen LogP contribution in [-0.2, 0) is 0 Å². The lowest BCUT2D eigenvalue weighted by molar-refractivity contribution is 0.373. The van der Waals surface area contributed by atoms with Gasteiger partial charge in [0.15, 0.2) is 11.5 Å². The summed E-state index contributed by atoms with van der Waals surface area (Å²) in [5, 5.41) is 20.4. The summed E-state index contributed by atoms with van der Waals surface area (Å²) in [4.78, 5) is 13.2. The van der Waals surface area contributed by atoms with E-state index in [1.54, 1.807) is 18.2 Å². The summed E-state index contributed by atoms with van der Waals surface area (Å²) < 4.78 is 5.05. The predicted octanol–water partition coefficient (Wildman–Crippen LogP) is 4.52. The number of methoxy groups -OCH3 is 1. The van der Waals surface area contributed by atoms with Crippen molar-refractivity contribution < 1.29 is 9.84 Å². The number of nitrogens with one attached hydrogen (secondary N) is 3. The van der Waals surface area contributed by atoms with E-state index in [1.165, 1.54) is 13.3 Å². The molecular formula is C23H21N7O2. The minimum atomic E-state index is 0.0281. The number of anilines is 5. The highest BCUT2D eigenvalue weighted by Crippen LogP contribution is 2.25. The number of nitrogens with zero attached hydrogens (tertiary/aromatic N) is 4. The summed E-state index contributed by atoms with van der Waals surface area (Å²) >= 11 is 0. The van der Waals surface area contributed by atoms with Crippen LogP contribution in [0.4, 0.5) is 29.2 Å². The first-order chi connectivity index (χ1) is 15.7. The summed E-state index contributed by atoms with van der Waals surface area (Å²) in [7, 11) is 1.49. The molecule has 9 heteroatoms. The molecule has 1 aromatic heterocycles. The third kappa shape index (κ3) is 5.48. The van der Waals surface area contributed by atoms with E-state index in [0.29, 0.717) is 23.2 Å². The van der Waals surface area contributed by atoms with E-state index in [-0.39, 0.29) is 11.7 Å². The van der Waals surface area contributed by atoms with Gasteiger partial charge >= 0.3 is 0 Å². The zero-order valence-corrected chi connectivity index (χ0v) is 17.2. The maximum atomic E-state index is 9.90. The van der Waals surface area contributed by atoms with Crippen LogP contribution in [0.15, 0.2) is 84.0 Å². The van der Waals surface area contributed by atoms with Gasteiger partial charge in [0.05, 0.1) is 13.3 Å². The lowest BCUT2D eigenvalue weighted by atomic mass is 10.2. The van der Waals surface area contributed by atoms with Crippen LogP contribution in [0.1, 0.15) is 5.56 Å². The first-order valence-corrected chi connectivity index (χ1v) is 9.76. The van der Waals surface area contributed by atoms with Gasteiger partial charge in [-0.2, -0.15) is 20.1 Å². The van der Waals surface area contributed by atoms with Crippen LogP contribution in [0, 0.1) is 0 Å². The van der Waals surface area contributed by atoms with Gasteiger partial charge in [0.1, 0.15) is 0 Å². The zero-order chi connectivity index (χ0) is 22.2. The Morgan fingerprint density at radius 3 is 1.88 bits per heavy atom. The van der Waals surface area contributed by atoms with Crippen molar-refractivity contribution in [2.75, 3.05) is 23.2 Å². The van der Waals surface area contributed by atoms with Crippen molar-refractivity contribution >= 4 is 35.4 Å². The van der Waals surface area contributed by atoms with E-state index in [0.717, 1.165) is 11.4 Å². The summed E-state index contributed by atoms with van der Waals surface area (Å²) in [6.07, 6.45) is 1.54. The normalized spacial score (nSPS) is 10.7. The molecule has 4 N–H and O–H groups in total. The second-order valence-electron chi connectivity index (χ2n) is 6.59. The number of hydrogen-bond donors (Lipinski definition) is 4. The van der Waals surface area contributed by atoms with Gasteiger partial charge in [-0.1, -0.05) is 36.4 Å². The summed E-state index contributed by atoms with van der Waals surface area (Å²) in [5.74, 6) is 1.36. The Morgan fingerprint density at radius 1 is 0.781 bits per heavy atom. The molecule has 0 atom stereocenters. The van der Waals surface area contributed by atoms with E-state index in [4.69, 9.17) is 4.74 Å². The van der Waals surface area contributed by atoms with Crippen molar-refractivity contribution in [1.82, 2.24) is 15.0 Å². The second kappa shape index (κ2) is 9.90. The van der Waals surface area contributed by atoms with Crippen molar-refractivity contribution in [2.45, 2.75) is 0 Å². The van der Waals surface area contributed by atoms with Gasteiger partial charge in [0, 0.05) is 11.4 Å². The Balaban J connectivity index is 1.56. The highest BCUT2D eigenvalue weighted by molar-refractivity contribution is 5.81. The Kier molecular flexibility index (Phi) is 6.37. The molecule has 0 fully saturated rings. The average Bonchev–Trinajstić information content (AvgIpc) is 2.80.